The fourth-order valence-electron chi connectivity index (χ4n) is 4.89. The van der Waals surface area contributed by atoms with Crippen LogP contribution >= 0.6 is 22.7 Å². The Morgan fingerprint density at radius 3 is 1.14 bits per heavy atom. The van der Waals surface area contributed by atoms with Gasteiger partial charge in [-0.2, -0.15) is 0 Å². The molecule has 0 radical (unpaired) electrons. The summed E-state index contributed by atoms with van der Waals surface area (Å²) in [6.45, 7) is 0. The molecule has 0 spiro atoms. The zero-order valence-electron chi connectivity index (χ0n) is 22.2. The summed E-state index contributed by atoms with van der Waals surface area (Å²) >= 11 is 3.37. The lowest BCUT2D eigenvalue weighted by molar-refractivity contribution is 1.07. The molecule has 8 aromatic rings. The summed E-state index contributed by atoms with van der Waals surface area (Å²) in [4.78, 5) is 24.7. The van der Waals surface area contributed by atoms with E-state index < -0.39 is 0 Å². The minimum atomic E-state index is 0.610. The molecule has 3 heterocycles. The second-order valence-electron chi connectivity index (χ2n) is 9.81. The second kappa shape index (κ2) is 10.4. The first kappa shape index (κ1) is 24.7. The Kier molecular flexibility index (Phi) is 6.09. The Morgan fingerprint density at radius 1 is 0.333 bits per heavy atom. The Morgan fingerprint density at radius 2 is 0.714 bits per heavy atom. The lowest BCUT2D eigenvalue weighted by Crippen LogP contribution is -2.00. The molecule has 0 saturated heterocycles. The highest BCUT2D eigenvalue weighted by molar-refractivity contribution is 7.22. The van der Waals surface area contributed by atoms with E-state index in [9.17, 15) is 0 Å². The monoisotopic (exact) mass is 575 g/mol. The number of hydrogen-bond donors (Lipinski definition) is 0. The van der Waals surface area contributed by atoms with E-state index in [2.05, 4.69) is 60.7 Å². The first-order valence-corrected chi connectivity index (χ1v) is 15.1. The lowest BCUT2D eigenvalue weighted by Gasteiger charge is -2.08. The van der Waals surface area contributed by atoms with E-state index >= 15 is 0 Å². The summed E-state index contributed by atoms with van der Waals surface area (Å²) in [5.41, 5.74) is 6.81. The summed E-state index contributed by atoms with van der Waals surface area (Å²) in [6, 6.07) is 43.1. The van der Waals surface area contributed by atoms with Gasteiger partial charge in [-0.1, -0.05) is 91.0 Å². The van der Waals surface area contributed by atoms with Gasteiger partial charge in [0.25, 0.3) is 0 Å². The van der Waals surface area contributed by atoms with Crippen molar-refractivity contribution in [2.24, 2.45) is 0 Å². The molecule has 5 aromatic carbocycles. The van der Waals surface area contributed by atoms with Gasteiger partial charge in [0, 0.05) is 27.8 Å². The highest BCUT2D eigenvalue weighted by Crippen LogP contribution is 2.35. The van der Waals surface area contributed by atoms with Crippen LogP contribution in [0.4, 0.5) is 0 Å². The van der Waals surface area contributed by atoms with Crippen molar-refractivity contribution in [1.29, 1.82) is 0 Å². The quantitative estimate of drug-likeness (QED) is 0.205. The minimum absolute atomic E-state index is 0.610. The van der Waals surface area contributed by atoms with Crippen molar-refractivity contribution in [2.45, 2.75) is 0 Å². The van der Waals surface area contributed by atoms with E-state index in [4.69, 9.17) is 24.9 Å². The first-order valence-electron chi connectivity index (χ1n) is 13.5. The number of fused-ring (bicyclic) bond motifs is 2. The maximum atomic E-state index is 4.97. The third-order valence-electron chi connectivity index (χ3n) is 7.00. The molecule has 0 amide bonds. The Balaban J connectivity index is 1.24. The van der Waals surface area contributed by atoms with Crippen molar-refractivity contribution >= 4 is 43.1 Å². The maximum absolute atomic E-state index is 4.97. The van der Waals surface area contributed by atoms with Gasteiger partial charge in [0.15, 0.2) is 17.5 Å². The average Bonchev–Trinajstić information content (AvgIpc) is 3.70. The largest absolute Gasteiger partial charge is 0.236 e. The summed E-state index contributed by atoms with van der Waals surface area (Å²) in [5.74, 6) is 1.85. The van der Waals surface area contributed by atoms with Crippen molar-refractivity contribution in [3.05, 3.63) is 127 Å². The molecule has 198 valence electrons. The molecule has 0 bridgehead atoms. The van der Waals surface area contributed by atoms with Crippen LogP contribution in [0.1, 0.15) is 0 Å². The van der Waals surface area contributed by atoms with Crippen molar-refractivity contribution in [3.63, 3.8) is 0 Å². The summed E-state index contributed by atoms with van der Waals surface area (Å²) in [5, 5.41) is 1.99. The molecular formula is C35H21N5S2. The fourth-order valence-corrected chi connectivity index (χ4v) is 6.79. The minimum Gasteiger partial charge on any atom is -0.236 e. The molecule has 0 unspecified atom stereocenters. The molecule has 7 heteroatoms. The Bertz CT molecular complexity index is 2050. The van der Waals surface area contributed by atoms with E-state index in [1.165, 1.54) is 0 Å². The van der Waals surface area contributed by atoms with Gasteiger partial charge in [0.1, 0.15) is 10.0 Å². The van der Waals surface area contributed by atoms with Crippen LogP contribution in [-0.4, -0.2) is 24.9 Å². The lowest BCUT2D eigenvalue weighted by atomic mass is 10.1. The molecule has 0 saturated carbocycles. The number of benzene rings is 5. The molecule has 0 aliphatic heterocycles. The van der Waals surface area contributed by atoms with Crippen molar-refractivity contribution < 1.29 is 0 Å². The number of thiazole rings is 2. The van der Waals surface area contributed by atoms with Crippen LogP contribution in [-0.2, 0) is 0 Å². The number of hydrogen-bond acceptors (Lipinski definition) is 7. The first-order chi connectivity index (χ1) is 20.8. The molecule has 0 aliphatic rings. The van der Waals surface area contributed by atoms with E-state index in [1.807, 2.05) is 66.7 Å². The van der Waals surface area contributed by atoms with Crippen LogP contribution in [0.15, 0.2) is 127 Å². The van der Waals surface area contributed by atoms with Crippen molar-refractivity contribution in [2.75, 3.05) is 0 Å². The second-order valence-corrected chi connectivity index (χ2v) is 11.9. The van der Waals surface area contributed by atoms with E-state index in [-0.39, 0.29) is 0 Å². The van der Waals surface area contributed by atoms with Crippen molar-refractivity contribution in [1.82, 2.24) is 24.9 Å². The van der Waals surface area contributed by atoms with Crippen molar-refractivity contribution in [3.8, 4) is 55.3 Å². The molecule has 0 fully saturated rings. The van der Waals surface area contributed by atoms with Gasteiger partial charge in [0.2, 0.25) is 0 Å². The highest BCUT2D eigenvalue weighted by Gasteiger charge is 2.15. The number of aromatic nitrogens is 5. The molecule has 42 heavy (non-hydrogen) atoms. The van der Waals surface area contributed by atoms with Gasteiger partial charge in [-0.05, 0) is 36.4 Å². The van der Waals surface area contributed by atoms with Gasteiger partial charge in [-0.3, -0.25) is 0 Å². The number of rotatable bonds is 5. The van der Waals surface area contributed by atoms with Crippen LogP contribution in [0.25, 0.3) is 75.7 Å². The molecule has 5 nitrogen and oxygen atoms in total. The average molecular weight is 576 g/mol. The normalized spacial score (nSPS) is 11.3. The number of nitrogens with zero attached hydrogens (tertiary/aromatic N) is 5. The highest BCUT2D eigenvalue weighted by atomic mass is 32.1. The molecule has 0 atom stereocenters. The topological polar surface area (TPSA) is 64.5 Å². The van der Waals surface area contributed by atoms with Gasteiger partial charge >= 0.3 is 0 Å². The van der Waals surface area contributed by atoms with E-state index in [0.29, 0.717) is 17.5 Å². The van der Waals surface area contributed by atoms with Crippen LogP contribution in [0.3, 0.4) is 0 Å². The predicted molar refractivity (Wildman–Crippen MR) is 173 cm³/mol. The SMILES string of the molecule is c1ccc(-c2nc(-c3ccc4sc(-c5ccccc5)nc4c3)nc(-c3ccc4sc(-c5ccccc5)nc4c3)n2)cc1. The van der Waals surface area contributed by atoms with Gasteiger partial charge in [-0.15, -0.1) is 22.7 Å². The van der Waals surface area contributed by atoms with Crippen LogP contribution in [0, 0.1) is 0 Å². The van der Waals surface area contributed by atoms with E-state index in [1.54, 1.807) is 22.7 Å². The summed E-state index contributed by atoms with van der Waals surface area (Å²) < 4.78 is 2.25. The van der Waals surface area contributed by atoms with Gasteiger partial charge in [-0.25, -0.2) is 24.9 Å². The summed E-state index contributed by atoms with van der Waals surface area (Å²) in [7, 11) is 0. The molecule has 3 aromatic heterocycles. The Labute approximate surface area is 249 Å². The predicted octanol–water partition coefficient (Wildman–Crippen LogP) is 9.43. The molecule has 0 aliphatic carbocycles. The van der Waals surface area contributed by atoms with E-state index in [0.717, 1.165) is 58.3 Å². The zero-order valence-corrected chi connectivity index (χ0v) is 23.8. The molecule has 0 N–H and O–H groups in total. The molecule has 8 rings (SSSR count). The van der Waals surface area contributed by atoms with Crippen LogP contribution in [0.5, 0.6) is 0 Å². The van der Waals surface area contributed by atoms with Crippen LogP contribution < -0.4 is 0 Å². The third kappa shape index (κ3) is 4.64. The maximum Gasteiger partial charge on any atom is 0.164 e. The smallest absolute Gasteiger partial charge is 0.164 e. The van der Waals surface area contributed by atoms with Gasteiger partial charge < -0.3 is 0 Å². The standard InChI is InChI=1S/C35H21N5S2/c1-4-10-22(11-5-1)31-38-32(25-16-18-29-27(20-25)36-34(41-29)23-12-6-2-7-13-23)40-33(39-31)26-17-19-30-28(21-26)37-35(42-30)24-14-8-3-9-15-24/h1-21H. The van der Waals surface area contributed by atoms with Gasteiger partial charge in [0.05, 0.1) is 20.4 Å². The molecular weight excluding hydrogens is 555 g/mol. The zero-order chi connectivity index (χ0) is 27.9. The van der Waals surface area contributed by atoms with Crippen LogP contribution in [0.2, 0.25) is 0 Å². The fraction of sp³-hybridized carbons (Fsp3) is 0. The Hall–Kier alpha value is -5.11. The third-order valence-corrected chi connectivity index (χ3v) is 9.17. The summed E-state index contributed by atoms with van der Waals surface area (Å²) in [6.07, 6.45) is 0.